The summed E-state index contributed by atoms with van der Waals surface area (Å²) in [5.41, 5.74) is 2.13. The van der Waals surface area contributed by atoms with Gasteiger partial charge in [-0.15, -0.1) is 0 Å². The van der Waals surface area contributed by atoms with Gasteiger partial charge >= 0.3 is 0 Å². The number of amidine groups is 1. The number of rotatable bonds is 4. The highest BCUT2D eigenvalue weighted by Crippen LogP contribution is 2.05. The van der Waals surface area contributed by atoms with E-state index in [9.17, 15) is 0 Å². The highest BCUT2D eigenvalue weighted by molar-refractivity contribution is 6.06. The summed E-state index contributed by atoms with van der Waals surface area (Å²) in [7, 11) is 0. The predicted molar refractivity (Wildman–Crippen MR) is 65.9 cm³/mol. The van der Waals surface area contributed by atoms with Crippen molar-refractivity contribution in [3.8, 4) is 0 Å². The van der Waals surface area contributed by atoms with E-state index in [1.54, 1.807) is 0 Å². The molecule has 80 valence electrons. The lowest BCUT2D eigenvalue weighted by Crippen LogP contribution is -2.03. The first-order valence-electron chi connectivity index (χ1n) is 5.48. The smallest absolute Gasteiger partial charge is 0.120 e. The van der Waals surface area contributed by atoms with Crippen LogP contribution in [-0.4, -0.2) is 11.5 Å². The molecule has 0 heterocycles. The molecule has 0 radical (unpaired) electrons. The lowest BCUT2D eigenvalue weighted by molar-refractivity contribution is 0.975. The van der Waals surface area contributed by atoms with E-state index in [1.807, 2.05) is 30.3 Å². The first-order valence-corrected chi connectivity index (χ1v) is 5.48. The maximum atomic E-state index is 7.68. The van der Waals surface area contributed by atoms with Crippen LogP contribution in [0.25, 0.3) is 0 Å². The van der Waals surface area contributed by atoms with Crippen molar-refractivity contribution >= 4 is 11.5 Å². The van der Waals surface area contributed by atoms with E-state index < -0.39 is 0 Å². The lowest BCUT2D eigenvalue weighted by atomic mass is 10.1. The fraction of sp³-hybridized carbons (Fsp3) is 0.385. The summed E-state index contributed by atoms with van der Waals surface area (Å²) in [6, 6.07) is 10.1. The van der Waals surface area contributed by atoms with Crippen molar-refractivity contribution in [2.24, 2.45) is 4.99 Å². The molecule has 0 bridgehead atoms. The zero-order valence-corrected chi connectivity index (χ0v) is 9.46. The standard InChI is InChI=1S/C13H18N2/c1-3-8-13(14)15-12(4-2)11-9-6-5-7-10-11/h5-7,9-10,14H,3-4,8H2,1-2H3/b14-13?,15-12+. The third-order valence-corrected chi connectivity index (χ3v) is 2.20. The predicted octanol–water partition coefficient (Wildman–Crippen LogP) is 3.66. The van der Waals surface area contributed by atoms with E-state index in [-0.39, 0.29) is 0 Å². The highest BCUT2D eigenvalue weighted by atomic mass is 14.8. The van der Waals surface area contributed by atoms with E-state index in [1.165, 1.54) is 0 Å². The number of hydrogen-bond donors (Lipinski definition) is 1. The summed E-state index contributed by atoms with van der Waals surface area (Å²) < 4.78 is 0. The number of benzene rings is 1. The summed E-state index contributed by atoms with van der Waals surface area (Å²) in [6.45, 7) is 4.14. The van der Waals surface area contributed by atoms with Crippen LogP contribution in [0.3, 0.4) is 0 Å². The Morgan fingerprint density at radius 3 is 2.40 bits per heavy atom. The van der Waals surface area contributed by atoms with Gasteiger partial charge in [-0.3, -0.25) is 5.41 Å². The maximum Gasteiger partial charge on any atom is 0.120 e. The molecule has 0 amide bonds. The van der Waals surface area contributed by atoms with Gasteiger partial charge in [-0.1, -0.05) is 44.2 Å². The number of nitrogens with one attached hydrogen (secondary N) is 1. The molecular weight excluding hydrogens is 184 g/mol. The van der Waals surface area contributed by atoms with Gasteiger partial charge in [-0.2, -0.15) is 0 Å². The molecule has 0 aliphatic heterocycles. The number of aliphatic imine (C=N–C) groups is 1. The molecule has 0 saturated carbocycles. The van der Waals surface area contributed by atoms with Crippen molar-refractivity contribution in [3.63, 3.8) is 0 Å². The summed E-state index contributed by atoms with van der Waals surface area (Å²) in [5.74, 6) is 0.484. The maximum absolute atomic E-state index is 7.68. The van der Waals surface area contributed by atoms with Crippen molar-refractivity contribution in [1.29, 1.82) is 5.41 Å². The van der Waals surface area contributed by atoms with Crippen LogP contribution in [0, 0.1) is 5.41 Å². The Bertz CT molecular complexity index is 339. The van der Waals surface area contributed by atoms with Crippen LogP contribution in [0.5, 0.6) is 0 Å². The van der Waals surface area contributed by atoms with Gasteiger partial charge in [0.15, 0.2) is 0 Å². The van der Waals surface area contributed by atoms with Crippen LogP contribution in [-0.2, 0) is 0 Å². The monoisotopic (exact) mass is 202 g/mol. The highest BCUT2D eigenvalue weighted by Gasteiger charge is 2.01. The molecule has 1 aromatic carbocycles. The third kappa shape index (κ3) is 3.66. The molecule has 1 aromatic rings. The van der Waals surface area contributed by atoms with Gasteiger partial charge in [0.25, 0.3) is 0 Å². The average molecular weight is 202 g/mol. The third-order valence-electron chi connectivity index (χ3n) is 2.20. The molecule has 15 heavy (non-hydrogen) atoms. The molecule has 0 aromatic heterocycles. The molecular formula is C13H18N2. The second-order valence-corrected chi connectivity index (χ2v) is 3.47. The minimum atomic E-state index is 0.484. The zero-order valence-electron chi connectivity index (χ0n) is 9.46. The van der Waals surface area contributed by atoms with E-state index >= 15 is 0 Å². The first kappa shape index (κ1) is 11.6. The van der Waals surface area contributed by atoms with Gasteiger partial charge < -0.3 is 0 Å². The van der Waals surface area contributed by atoms with E-state index in [2.05, 4.69) is 18.8 Å². The molecule has 0 spiro atoms. The van der Waals surface area contributed by atoms with Crippen molar-refractivity contribution in [1.82, 2.24) is 0 Å². The Morgan fingerprint density at radius 2 is 1.87 bits per heavy atom. The molecule has 0 aliphatic carbocycles. The summed E-state index contributed by atoms with van der Waals surface area (Å²) in [4.78, 5) is 4.35. The molecule has 0 atom stereocenters. The fourth-order valence-corrected chi connectivity index (χ4v) is 1.43. The van der Waals surface area contributed by atoms with Gasteiger partial charge in [0.2, 0.25) is 0 Å². The molecule has 0 saturated heterocycles. The van der Waals surface area contributed by atoms with Crippen molar-refractivity contribution in [3.05, 3.63) is 35.9 Å². The number of nitrogens with zero attached hydrogens (tertiary/aromatic N) is 1. The minimum Gasteiger partial charge on any atom is -0.287 e. The summed E-state index contributed by atoms with van der Waals surface area (Å²) >= 11 is 0. The van der Waals surface area contributed by atoms with Gasteiger partial charge in [0.05, 0.1) is 0 Å². The lowest BCUT2D eigenvalue weighted by Gasteiger charge is -2.04. The molecule has 0 fully saturated rings. The summed E-state index contributed by atoms with van der Waals surface area (Å²) in [6.07, 6.45) is 2.61. The van der Waals surface area contributed by atoms with Gasteiger partial charge in [0.1, 0.15) is 5.84 Å². The Labute approximate surface area is 91.6 Å². The second-order valence-electron chi connectivity index (χ2n) is 3.47. The van der Waals surface area contributed by atoms with Gasteiger partial charge in [-0.25, -0.2) is 4.99 Å². The Kier molecular flexibility index (Phi) is 4.75. The van der Waals surface area contributed by atoms with Crippen LogP contribution in [0.4, 0.5) is 0 Å². The van der Waals surface area contributed by atoms with Crippen molar-refractivity contribution < 1.29 is 0 Å². The first-order chi connectivity index (χ1) is 7.27. The topological polar surface area (TPSA) is 36.2 Å². The van der Waals surface area contributed by atoms with Crippen LogP contribution in [0.1, 0.15) is 38.7 Å². The van der Waals surface area contributed by atoms with Crippen LogP contribution in [0.2, 0.25) is 0 Å². The molecule has 1 N–H and O–H groups in total. The Morgan fingerprint density at radius 1 is 1.20 bits per heavy atom. The quantitative estimate of drug-likeness (QED) is 0.571. The average Bonchev–Trinajstić information content (AvgIpc) is 2.27. The van der Waals surface area contributed by atoms with E-state index in [0.717, 1.165) is 30.5 Å². The Balaban J connectivity index is 2.84. The largest absolute Gasteiger partial charge is 0.287 e. The zero-order chi connectivity index (χ0) is 11.1. The summed E-state index contributed by atoms with van der Waals surface area (Å²) in [5, 5.41) is 7.68. The van der Waals surface area contributed by atoms with Crippen LogP contribution < -0.4 is 0 Å². The van der Waals surface area contributed by atoms with Crippen LogP contribution >= 0.6 is 0 Å². The molecule has 0 unspecified atom stereocenters. The van der Waals surface area contributed by atoms with Crippen LogP contribution in [0.15, 0.2) is 35.3 Å². The van der Waals surface area contributed by atoms with E-state index in [4.69, 9.17) is 5.41 Å². The van der Waals surface area contributed by atoms with Crippen molar-refractivity contribution in [2.75, 3.05) is 0 Å². The Hall–Kier alpha value is -1.44. The normalized spacial score (nSPS) is 11.5. The van der Waals surface area contributed by atoms with Gasteiger partial charge in [-0.05, 0) is 18.4 Å². The second kappa shape index (κ2) is 6.12. The molecule has 2 heteroatoms. The van der Waals surface area contributed by atoms with Gasteiger partial charge in [0, 0.05) is 12.1 Å². The number of hydrogen-bond acceptors (Lipinski definition) is 1. The SMILES string of the molecule is CCCC(=N)/N=C(\CC)c1ccccc1. The fourth-order valence-electron chi connectivity index (χ4n) is 1.43. The van der Waals surface area contributed by atoms with E-state index in [0.29, 0.717) is 5.84 Å². The van der Waals surface area contributed by atoms with Crippen molar-refractivity contribution in [2.45, 2.75) is 33.1 Å². The molecule has 2 nitrogen and oxygen atoms in total. The minimum absolute atomic E-state index is 0.484. The molecule has 1 rings (SSSR count). The molecule has 0 aliphatic rings.